The Kier molecular flexibility index (Phi) is 6.42. The zero-order valence-electron chi connectivity index (χ0n) is 14.3. The van der Waals surface area contributed by atoms with Gasteiger partial charge in [-0.05, 0) is 46.2 Å². The fraction of sp³-hybridized carbons (Fsp3) is 0.529. The monoisotopic (exact) mass is 323 g/mol. The Morgan fingerprint density at radius 3 is 2.43 bits per heavy atom. The van der Waals surface area contributed by atoms with E-state index in [2.05, 4.69) is 5.32 Å². The number of alkyl carbamates (subject to hydrolysis) is 1. The van der Waals surface area contributed by atoms with Crippen molar-refractivity contribution >= 4 is 12.1 Å². The molecule has 0 bridgehead atoms. The van der Waals surface area contributed by atoms with Gasteiger partial charge in [0.2, 0.25) is 0 Å². The van der Waals surface area contributed by atoms with Crippen molar-refractivity contribution < 1.29 is 24.2 Å². The lowest BCUT2D eigenvalue weighted by Crippen LogP contribution is -2.44. The number of carbonyl (C=O) groups excluding carboxylic acids is 1. The normalized spacial score (nSPS) is 12.4. The Hall–Kier alpha value is -2.24. The van der Waals surface area contributed by atoms with Gasteiger partial charge in [-0.2, -0.15) is 0 Å². The molecular weight excluding hydrogens is 298 g/mol. The fourth-order valence-corrected chi connectivity index (χ4v) is 1.96. The average molecular weight is 323 g/mol. The summed E-state index contributed by atoms with van der Waals surface area (Å²) in [6, 6.07) is 4.70. The Morgan fingerprint density at radius 1 is 1.26 bits per heavy atom. The van der Waals surface area contributed by atoms with E-state index in [1.807, 2.05) is 32.0 Å². The molecule has 0 radical (unpaired) electrons. The molecule has 0 aliphatic heterocycles. The van der Waals surface area contributed by atoms with Gasteiger partial charge >= 0.3 is 12.1 Å². The van der Waals surface area contributed by atoms with Gasteiger partial charge in [0.1, 0.15) is 17.4 Å². The quantitative estimate of drug-likeness (QED) is 0.840. The summed E-state index contributed by atoms with van der Waals surface area (Å²) in [6.07, 6.45) is -0.613. The Labute approximate surface area is 136 Å². The summed E-state index contributed by atoms with van der Waals surface area (Å²) in [5.74, 6) is -0.419. The summed E-state index contributed by atoms with van der Waals surface area (Å²) in [5.41, 5.74) is 1.43. The van der Waals surface area contributed by atoms with Crippen molar-refractivity contribution in [1.29, 1.82) is 0 Å². The number of rotatable bonds is 6. The van der Waals surface area contributed by atoms with Crippen LogP contribution in [0.3, 0.4) is 0 Å². The number of carboxylic acids is 1. The molecular formula is C17H25NO5. The molecule has 1 aromatic carbocycles. The summed E-state index contributed by atoms with van der Waals surface area (Å²) in [4.78, 5) is 22.9. The minimum absolute atomic E-state index is 0.141. The maximum absolute atomic E-state index is 11.7. The van der Waals surface area contributed by atoms with Crippen LogP contribution in [0.5, 0.6) is 5.75 Å². The van der Waals surface area contributed by atoms with E-state index in [-0.39, 0.29) is 13.0 Å². The molecule has 2 N–H and O–H groups in total. The molecule has 1 amide bonds. The van der Waals surface area contributed by atoms with Crippen LogP contribution in [0.15, 0.2) is 18.2 Å². The number of aliphatic carboxylic acids is 1. The van der Waals surface area contributed by atoms with Crippen LogP contribution in [0.4, 0.5) is 4.79 Å². The third-order valence-electron chi connectivity index (χ3n) is 2.98. The molecule has 0 heterocycles. The van der Waals surface area contributed by atoms with E-state index in [4.69, 9.17) is 9.47 Å². The summed E-state index contributed by atoms with van der Waals surface area (Å²) < 4.78 is 10.7. The predicted molar refractivity (Wildman–Crippen MR) is 86.8 cm³/mol. The van der Waals surface area contributed by atoms with Gasteiger partial charge in [0.15, 0.2) is 0 Å². The van der Waals surface area contributed by atoms with E-state index < -0.39 is 23.7 Å². The van der Waals surface area contributed by atoms with Gasteiger partial charge in [-0.15, -0.1) is 0 Å². The van der Waals surface area contributed by atoms with E-state index in [1.165, 1.54) is 0 Å². The minimum atomic E-state index is -1.12. The molecule has 1 aromatic rings. The molecule has 0 aliphatic carbocycles. The highest BCUT2D eigenvalue weighted by atomic mass is 16.6. The zero-order chi connectivity index (χ0) is 17.6. The third-order valence-corrected chi connectivity index (χ3v) is 2.98. The van der Waals surface area contributed by atoms with Gasteiger partial charge in [0.05, 0.1) is 6.61 Å². The number of hydrogen-bond acceptors (Lipinski definition) is 4. The summed E-state index contributed by atoms with van der Waals surface area (Å²) >= 11 is 0. The highest BCUT2D eigenvalue weighted by Gasteiger charge is 2.23. The van der Waals surface area contributed by atoms with E-state index in [0.29, 0.717) is 5.75 Å². The molecule has 0 fully saturated rings. The van der Waals surface area contributed by atoms with Crippen molar-refractivity contribution in [1.82, 2.24) is 5.32 Å². The van der Waals surface area contributed by atoms with Crippen molar-refractivity contribution in [2.24, 2.45) is 0 Å². The van der Waals surface area contributed by atoms with Crippen molar-refractivity contribution in [3.63, 3.8) is 0 Å². The maximum Gasteiger partial charge on any atom is 0.408 e. The third kappa shape index (κ3) is 7.04. The van der Waals surface area contributed by atoms with Crippen molar-refractivity contribution in [3.05, 3.63) is 29.3 Å². The van der Waals surface area contributed by atoms with E-state index in [1.54, 1.807) is 20.8 Å². The van der Waals surface area contributed by atoms with Gasteiger partial charge in [-0.3, -0.25) is 0 Å². The van der Waals surface area contributed by atoms with Crippen LogP contribution in [-0.2, 0) is 9.53 Å². The second-order valence-corrected chi connectivity index (χ2v) is 6.44. The summed E-state index contributed by atoms with van der Waals surface area (Å²) in [6.45, 7) is 9.23. The Balaban J connectivity index is 2.53. The number of carboxylic acid groups (broad SMARTS) is 1. The molecule has 0 saturated heterocycles. The lowest BCUT2D eigenvalue weighted by molar-refractivity contribution is -0.139. The second kappa shape index (κ2) is 7.85. The smallest absolute Gasteiger partial charge is 0.408 e. The molecule has 6 nitrogen and oxygen atoms in total. The molecule has 23 heavy (non-hydrogen) atoms. The van der Waals surface area contributed by atoms with Gasteiger partial charge in [0.25, 0.3) is 0 Å². The topological polar surface area (TPSA) is 84.9 Å². The van der Waals surface area contributed by atoms with Crippen molar-refractivity contribution in [3.8, 4) is 5.75 Å². The molecule has 1 unspecified atom stereocenters. The second-order valence-electron chi connectivity index (χ2n) is 6.44. The average Bonchev–Trinajstić information content (AvgIpc) is 2.37. The number of amides is 1. The number of carbonyl (C=O) groups is 2. The highest BCUT2D eigenvalue weighted by Crippen LogP contribution is 2.19. The standard InChI is InChI=1S/C17H25NO5/c1-11-6-7-14(12(2)10-11)22-9-8-13(15(19)20)18-16(21)23-17(3,4)5/h6-7,10,13H,8-9H2,1-5H3,(H,18,21)(H,19,20). The number of aryl methyl sites for hydroxylation is 2. The van der Waals surface area contributed by atoms with Crippen molar-refractivity contribution in [2.45, 2.75) is 52.7 Å². The number of nitrogens with one attached hydrogen (secondary N) is 1. The fourth-order valence-electron chi connectivity index (χ4n) is 1.96. The molecule has 1 rings (SSSR count). The van der Waals surface area contributed by atoms with Crippen LogP contribution < -0.4 is 10.1 Å². The van der Waals surface area contributed by atoms with Crippen LogP contribution in [0.2, 0.25) is 0 Å². The van der Waals surface area contributed by atoms with E-state index >= 15 is 0 Å². The largest absolute Gasteiger partial charge is 0.493 e. The molecule has 1 atom stereocenters. The number of benzene rings is 1. The first-order valence-corrected chi connectivity index (χ1v) is 7.51. The van der Waals surface area contributed by atoms with Gasteiger partial charge in [0, 0.05) is 6.42 Å². The summed E-state index contributed by atoms with van der Waals surface area (Å²) in [7, 11) is 0. The molecule has 0 aromatic heterocycles. The lowest BCUT2D eigenvalue weighted by atomic mass is 10.1. The predicted octanol–water partition coefficient (Wildman–Crippen LogP) is 3.05. The zero-order valence-corrected chi connectivity index (χ0v) is 14.3. The molecule has 6 heteroatoms. The maximum atomic E-state index is 11.7. The molecule has 0 aliphatic rings. The molecule has 128 valence electrons. The van der Waals surface area contributed by atoms with Crippen LogP contribution in [0.25, 0.3) is 0 Å². The van der Waals surface area contributed by atoms with Crippen LogP contribution in [-0.4, -0.2) is 35.4 Å². The number of hydrogen-bond donors (Lipinski definition) is 2. The summed E-state index contributed by atoms with van der Waals surface area (Å²) in [5, 5.41) is 11.5. The first-order chi connectivity index (χ1) is 10.6. The first kappa shape index (κ1) is 18.8. The molecule has 0 spiro atoms. The first-order valence-electron chi connectivity index (χ1n) is 7.51. The SMILES string of the molecule is Cc1ccc(OCCC(NC(=O)OC(C)(C)C)C(=O)O)c(C)c1. The minimum Gasteiger partial charge on any atom is -0.493 e. The van der Waals surface area contributed by atoms with E-state index in [9.17, 15) is 14.7 Å². The highest BCUT2D eigenvalue weighted by molar-refractivity contribution is 5.79. The number of ether oxygens (including phenoxy) is 2. The van der Waals surface area contributed by atoms with Gasteiger partial charge < -0.3 is 19.9 Å². The Morgan fingerprint density at radius 2 is 1.91 bits per heavy atom. The van der Waals surface area contributed by atoms with Crippen LogP contribution >= 0.6 is 0 Å². The Bertz CT molecular complexity index is 563. The molecule has 0 saturated carbocycles. The van der Waals surface area contributed by atoms with Crippen molar-refractivity contribution in [2.75, 3.05) is 6.61 Å². The lowest BCUT2D eigenvalue weighted by Gasteiger charge is -2.22. The van der Waals surface area contributed by atoms with Crippen LogP contribution in [0.1, 0.15) is 38.3 Å². The van der Waals surface area contributed by atoms with Gasteiger partial charge in [-0.1, -0.05) is 17.7 Å². The van der Waals surface area contributed by atoms with Crippen LogP contribution in [0, 0.1) is 13.8 Å². The van der Waals surface area contributed by atoms with Gasteiger partial charge in [-0.25, -0.2) is 9.59 Å². The van der Waals surface area contributed by atoms with E-state index in [0.717, 1.165) is 11.1 Å².